The van der Waals surface area contributed by atoms with E-state index < -0.39 is 17.3 Å². The van der Waals surface area contributed by atoms with Gasteiger partial charge in [-0.15, -0.1) is 0 Å². The molecule has 1 rings (SSSR count). The third-order valence-corrected chi connectivity index (χ3v) is 1.68. The standard InChI is InChI=1S/C11H14F3NO/c1-10(2,3)16-9-5-7(11(12,13)14)4-8(15)6-9/h4-6H,15H2,1-3H3. The highest BCUT2D eigenvalue weighted by molar-refractivity contribution is 5.48. The molecule has 0 bridgehead atoms. The molecule has 5 heteroatoms. The average Bonchev–Trinajstić information content (AvgIpc) is 1.97. The minimum Gasteiger partial charge on any atom is -0.488 e. The lowest BCUT2D eigenvalue weighted by molar-refractivity contribution is -0.137. The summed E-state index contributed by atoms with van der Waals surface area (Å²) >= 11 is 0. The molecule has 0 fully saturated rings. The van der Waals surface area contributed by atoms with E-state index in [9.17, 15) is 13.2 Å². The fraction of sp³-hybridized carbons (Fsp3) is 0.455. The first-order chi connectivity index (χ1) is 7.08. The maximum Gasteiger partial charge on any atom is 0.416 e. The van der Waals surface area contributed by atoms with Gasteiger partial charge in [0, 0.05) is 11.8 Å². The molecule has 90 valence electrons. The second-order valence-electron chi connectivity index (χ2n) is 4.50. The minimum absolute atomic E-state index is 0.0362. The van der Waals surface area contributed by atoms with Crippen molar-refractivity contribution >= 4 is 5.69 Å². The number of benzene rings is 1. The molecular formula is C11H14F3NO. The smallest absolute Gasteiger partial charge is 0.416 e. The van der Waals surface area contributed by atoms with Crippen molar-refractivity contribution in [2.45, 2.75) is 32.5 Å². The minimum atomic E-state index is -4.41. The van der Waals surface area contributed by atoms with Crippen LogP contribution in [0.5, 0.6) is 5.75 Å². The average molecular weight is 233 g/mol. The molecule has 0 aliphatic rings. The van der Waals surface area contributed by atoms with Crippen LogP contribution < -0.4 is 10.5 Å². The highest BCUT2D eigenvalue weighted by Gasteiger charge is 2.31. The lowest BCUT2D eigenvalue weighted by atomic mass is 10.1. The van der Waals surface area contributed by atoms with Crippen molar-refractivity contribution in [2.24, 2.45) is 0 Å². The van der Waals surface area contributed by atoms with Gasteiger partial charge in [-0.1, -0.05) is 0 Å². The summed E-state index contributed by atoms with van der Waals surface area (Å²) in [4.78, 5) is 0. The summed E-state index contributed by atoms with van der Waals surface area (Å²) in [5.74, 6) is 0.125. The van der Waals surface area contributed by atoms with E-state index in [1.807, 2.05) is 0 Å². The molecule has 0 unspecified atom stereocenters. The molecule has 0 radical (unpaired) electrons. The van der Waals surface area contributed by atoms with E-state index in [4.69, 9.17) is 10.5 Å². The van der Waals surface area contributed by atoms with Crippen LogP contribution >= 0.6 is 0 Å². The zero-order valence-corrected chi connectivity index (χ0v) is 9.35. The van der Waals surface area contributed by atoms with Gasteiger partial charge in [0.25, 0.3) is 0 Å². The van der Waals surface area contributed by atoms with E-state index in [1.54, 1.807) is 20.8 Å². The lowest BCUT2D eigenvalue weighted by Crippen LogP contribution is -2.23. The number of nitrogens with two attached hydrogens (primary N) is 1. The summed E-state index contributed by atoms with van der Waals surface area (Å²) in [6.07, 6.45) is -4.41. The Bertz CT molecular complexity index is 380. The van der Waals surface area contributed by atoms with Gasteiger partial charge < -0.3 is 10.5 Å². The molecule has 2 N–H and O–H groups in total. The Hall–Kier alpha value is -1.39. The van der Waals surface area contributed by atoms with Crippen molar-refractivity contribution in [3.05, 3.63) is 23.8 Å². The van der Waals surface area contributed by atoms with Gasteiger partial charge in [0.2, 0.25) is 0 Å². The molecule has 0 amide bonds. The Morgan fingerprint density at radius 3 is 2.06 bits per heavy atom. The number of alkyl halides is 3. The molecule has 1 aromatic rings. The Morgan fingerprint density at radius 1 is 1.06 bits per heavy atom. The third kappa shape index (κ3) is 3.64. The first-order valence-electron chi connectivity index (χ1n) is 4.75. The van der Waals surface area contributed by atoms with Crippen LogP contribution in [0.1, 0.15) is 26.3 Å². The number of halogens is 3. The van der Waals surface area contributed by atoms with Crippen molar-refractivity contribution in [1.29, 1.82) is 0 Å². The summed E-state index contributed by atoms with van der Waals surface area (Å²) < 4.78 is 42.7. The largest absolute Gasteiger partial charge is 0.488 e. The highest BCUT2D eigenvalue weighted by Crippen LogP contribution is 2.34. The maximum absolute atomic E-state index is 12.5. The van der Waals surface area contributed by atoms with Crippen molar-refractivity contribution in [1.82, 2.24) is 0 Å². The predicted octanol–water partition coefficient (Wildman–Crippen LogP) is 3.46. The van der Waals surface area contributed by atoms with Gasteiger partial charge in [0.1, 0.15) is 11.4 Å². The quantitative estimate of drug-likeness (QED) is 0.754. The summed E-state index contributed by atoms with van der Waals surface area (Å²) in [7, 11) is 0. The van der Waals surface area contributed by atoms with Crippen LogP contribution in [0.4, 0.5) is 18.9 Å². The van der Waals surface area contributed by atoms with Crippen molar-refractivity contribution < 1.29 is 17.9 Å². The van der Waals surface area contributed by atoms with Gasteiger partial charge in [-0.05, 0) is 32.9 Å². The fourth-order valence-electron chi connectivity index (χ4n) is 1.20. The second-order valence-corrected chi connectivity index (χ2v) is 4.50. The molecule has 0 aliphatic heterocycles. The van der Waals surface area contributed by atoms with Gasteiger partial charge in [0.15, 0.2) is 0 Å². The van der Waals surface area contributed by atoms with Crippen LogP contribution in [0.2, 0.25) is 0 Å². The summed E-state index contributed by atoms with van der Waals surface area (Å²) in [6, 6.07) is 3.21. The molecule has 1 aromatic carbocycles. The molecule has 2 nitrogen and oxygen atoms in total. The van der Waals surface area contributed by atoms with Gasteiger partial charge >= 0.3 is 6.18 Å². The fourth-order valence-corrected chi connectivity index (χ4v) is 1.20. The Labute approximate surface area is 92.2 Å². The van der Waals surface area contributed by atoms with Gasteiger partial charge in [-0.3, -0.25) is 0 Å². The van der Waals surface area contributed by atoms with Gasteiger partial charge in [-0.25, -0.2) is 0 Å². The first-order valence-corrected chi connectivity index (χ1v) is 4.75. The van der Waals surface area contributed by atoms with Gasteiger partial charge in [-0.2, -0.15) is 13.2 Å². The van der Waals surface area contributed by atoms with E-state index in [0.717, 1.165) is 12.1 Å². The van der Waals surface area contributed by atoms with E-state index >= 15 is 0 Å². The molecule has 0 heterocycles. The maximum atomic E-state index is 12.5. The van der Waals surface area contributed by atoms with Crippen molar-refractivity contribution in [3.8, 4) is 5.75 Å². The van der Waals surface area contributed by atoms with Crippen LogP contribution in [0.15, 0.2) is 18.2 Å². The van der Waals surface area contributed by atoms with E-state index in [1.165, 1.54) is 6.07 Å². The summed E-state index contributed by atoms with van der Waals surface area (Å²) in [6.45, 7) is 5.26. The Balaban J connectivity index is 3.09. The molecule has 0 aliphatic carbocycles. The Morgan fingerprint density at radius 2 is 1.62 bits per heavy atom. The van der Waals surface area contributed by atoms with Crippen LogP contribution in [-0.2, 0) is 6.18 Å². The number of anilines is 1. The lowest BCUT2D eigenvalue weighted by Gasteiger charge is -2.22. The van der Waals surface area contributed by atoms with Crippen LogP contribution in [0.25, 0.3) is 0 Å². The molecule has 0 aromatic heterocycles. The van der Waals surface area contributed by atoms with Crippen LogP contribution in [-0.4, -0.2) is 5.60 Å². The molecule has 16 heavy (non-hydrogen) atoms. The monoisotopic (exact) mass is 233 g/mol. The summed E-state index contributed by atoms with van der Waals surface area (Å²) in [5, 5.41) is 0. The SMILES string of the molecule is CC(C)(C)Oc1cc(N)cc(C(F)(F)F)c1. The number of rotatable bonds is 1. The molecule has 0 spiro atoms. The highest BCUT2D eigenvalue weighted by atomic mass is 19.4. The topological polar surface area (TPSA) is 35.2 Å². The number of nitrogen functional groups attached to an aromatic ring is 1. The molecule has 0 saturated heterocycles. The van der Waals surface area contributed by atoms with E-state index in [-0.39, 0.29) is 11.4 Å². The van der Waals surface area contributed by atoms with Crippen molar-refractivity contribution in [3.63, 3.8) is 0 Å². The number of hydrogen-bond donors (Lipinski definition) is 1. The second kappa shape index (κ2) is 3.88. The van der Waals surface area contributed by atoms with Gasteiger partial charge in [0.05, 0.1) is 5.56 Å². The first kappa shape index (κ1) is 12.7. The Kier molecular flexibility index (Phi) is 3.08. The zero-order chi connectivity index (χ0) is 12.6. The normalized spacial score (nSPS) is 12.6. The van der Waals surface area contributed by atoms with E-state index in [0.29, 0.717) is 0 Å². The molecule has 0 saturated carbocycles. The molecule has 0 atom stereocenters. The van der Waals surface area contributed by atoms with Crippen molar-refractivity contribution in [2.75, 3.05) is 5.73 Å². The number of hydrogen-bond acceptors (Lipinski definition) is 2. The predicted molar refractivity (Wildman–Crippen MR) is 56.2 cm³/mol. The van der Waals surface area contributed by atoms with Crippen LogP contribution in [0.3, 0.4) is 0 Å². The zero-order valence-electron chi connectivity index (χ0n) is 9.35. The van der Waals surface area contributed by atoms with E-state index in [2.05, 4.69) is 0 Å². The number of ether oxygens (including phenoxy) is 1. The summed E-state index contributed by atoms with van der Waals surface area (Å²) in [5.41, 5.74) is 4.07. The third-order valence-electron chi connectivity index (χ3n) is 1.68. The van der Waals surface area contributed by atoms with Crippen LogP contribution in [0, 0.1) is 0 Å². The molecular weight excluding hydrogens is 219 g/mol.